The molecular formula is C66H107N7O25. The third kappa shape index (κ3) is 44.9. The second-order valence-electron chi connectivity index (χ2n) is 23.6. The van der Waals surface area contributed by atoms with Crippen LogP contribution in [-0.4, -0.2) is 277 Å². The topological polar surface area (TPSA) is 419 Å². The lowest BCUT2D eigenvalue weighted by Gasteiger charge is -2.29. The highest BCUT2D eigenvalue weighted by molar-refractivity contribution is 5.90. The van der Waals surface area contributed by atoms with Gasteiger partial charge in [-0.05, 0) is 94.4 Å². The van der Waals surface area contributed by atoms with Gasteiger partial charge in [-0.1, -0.05) is 42.5 Å². The molecular weight excluding hydrogens is 1290 g/mol. The monoisotopic (exact) mass is 1400 g/mol. The van der Waals surface area contributed by atoms with Crippen molar-refractivity contribution in [3.8, 4) is 0 Å². The number of aliphatic carboxylic acids is 3. The van der Waals surface area contributed by atoms with E-state index < -0.39 is 78.4 Å². The van der Waals surface area contributed by atoms with Gasteiger partial charge in [0.2, 0.25) is 23.6 Å². The molecule has 0 heterocycles. The first kappa shape index (κ1) is 85.3. The number of carbonyl (C=O) groups excluding carboxylic acids is 6. The standard InChI is InChI=1S/C66H107N7O25/c1-66(2,3)98-65(85)69-21-23-87-25-27-89-29-31-91-33-35-93-37-39-95-41-43-96-42-40-94-38-36-92-34-32-90-30-28-88-26-24-86-22-20-67-57(74)47-97-48-58(75)70-46-49-11-15-52(16-12-49)60(78)71-56(45-50-13-14-51-8-4-5-9-53(51)44-50)61(79)68-19-7-6-10-54(62(80)81)72-64(84)73-55(63(82)83)17-18-59(76)77/h4-5,8-9,13-14,44,49,52,54-56H,6-7,10-12,15-43,45-48H2,1-3H3,(H,67,74)(H,68,79)(H,69,85)(H,70,75)(H,71,78)(H,76,77)(H,80,81)(H,82,83)(H2,72,73,84)/t49?,52?,54-,55-,56-/m0/s1. The Hall–Kier alpha value is -6.95. The van der Waals surface area contributed by atoms with Crippen molar-refractivity contribution in [2.24, 2.45) is 11.8 Å². The number of carboxylic acids is 3. The van der Waals surface area contributed by atoms with Crippen molar-refractivity contribution in [3.05, 3.63) is 48.0 Å². The molecule has 1 aliphatic carbocycles. The average molecular weight is 1400 g/mol. The molecule has 0 aliphatic heterocycles. The first-order valence-electron chi connectivity index (χ1n) is 33.5. The summed E-state index contributed by atoms with van der Waals surface area (Å²) in [5.74, 6) is -5.88. The maximum Gasteiger partial charge on any atom is 0.407 e. The van der Waals surface area contributed by atoms with E-state index >= 15 is 0 Å². The van der Waals surface area contributed by atoms with Crippen molar-refractivity contribution in [2.75, 3.05) is 185 Å². The number of ether oxygens (including phenoxy) is 13. The highest BCUT2D eigenvalue weighted by Gasteiger charge is 2.31. The molecule has 0 radical (unpaired) electrons. The van der Waals surface area contributed by atoms with Gasteiger partial charge in [-0.25, -0.2) is 19.2 Å². The molecule has 7 amide bonds. The third-order valence-electron chi connectivity index (χ3n) is 14.4. The van der Waals surface area contributed by atoms with Crippen LogP contribution in [0.15, 0.2) is 42.5 Å². The summed E-state index contributed by atoms with van der Waals surface area (Å²) < 4.78 is 70.8. The molecule has 98 heavy (non-hydrogen) atoms. The number of rotatable bonds is 59. The van der Waals surface area contributed by atoms with Gasteiger partial charge in [-0.2, -0.15) is 0 Å². The Morgan fingerprint density at radius 2 is 0.898 bits per heavy atom. The molecule has 3 atom stereocenters. The lowest BCUT2D eigenvalue weighted by molar-refractivity contribution is -0.141. The molecule has 0 unspecified atom stereocenters. The van der Waals surface area contributed by atoms with E-state index in [0.29, 0.717) is 184 Å². The first-order valence-corrected chi connectivity index (χ1v) is 33.5. The fourth-order valence-electron chi connectivity index (χ4n) is 9.38. The number of carbonyl (C=O) groups is 9. The van der Waals surface area contributed by atoms with E-state index in [-0.39, 0.29) is 75.8 Å². The molecule has 1 aliphatic rings. The van der Waals surface area contributed by atoms with E-state index in [0.717, 1.165) is 16.3 Å². The van der Waals surface area contributed by atoms with Gasteiger partial charge in [0.1, 0.15) is 36.9 Å². The van der Waals surface area contributed by atoms with Crippen molar-refractivity contribution in [2.45, 2.75) is 109 Å². The van der Waals surface area contributed by atoms with Crippen molar-refractivity contribution >= 4 is 64.4 Å². The molecule has 1 fully saturated rings. The molecule has 556 valence electrons. The van der Waals surface area contributed by atoms with Crippen LogP contribution in [0.3, 0.4) is 0 Å². The summed E-state index contributed by atoms with van der Waals surface area (Å²) in [4.78, 5) is 110. The molecule has 3 rings (SSSR count). The quantitative estimate of drug-likeness (QED) is 0.0423. The predicted octanol–water partition coefficient (Wildman–Crippen LogP) is 1.99. The number of urea groups is 1. The van der Waals surface area contributed by atoms with Crippen LogP contribution in [-0.2, 0) is 102 Å². The minimum Gasteiger partial charge on any atom is -0.481 e. The second-order valence-corrected chi connectivity index (χ2v) is 23.6. The van der Waals surface area contributed by atoms with Gasteiger partial charge < -0.3 is 114 Å². The van der Waals surface area contributed by atoms with Crippen molar-refractivity contribution < 1.29 is 120 Å². The highest BCUT2D eigenvalue weighted by Crippen LogP contribution is 2.29. The Bertz CT molecular complexity index is 2580. The number of nitrogens with one attached hydrogen (secondary N) is 7. The van der Waals surface area contributed by atoms with E-state index in [4.69, 9.17) is 66.7 Å². The number of amides is 7. The van der Waals surface area contributed by atoms with Gasteiger partial charge in [-0.3, -0.25) is 24.0 Å². The van der Waals surface area contributed by atoms with Crippen molar-refractivity contribution in [1.82, 2.24) is 37.2 Å². The van der Waals surface area contributed by atoms with Crippen LogP contribution in [0, 0.1) is 11.8 Å². The Kier molecular flexibility index (Phi) is 46.9. The summed E-state index contributed by atoms with van der Waals surface area (Å²) in [6.45, 7) is 14.9. The molecule has 2 aromatic carbocycles. The minimum absolute atomic E-state index is 0.0605. The largest absolute Gasteiger partial charge is 0.481 e. The van der Waals surface area contributed by atoms with E-state index in [9.17, 15) is 53.4 Å². The summed E-state index contributed by atoms with van der Waals surface area (Å²) in [6, 6.07) is 8.57. The number of fused-ring (bicyclic) bond motifs is 1. The van der Waals surface area contributed by atoms with Gasteiger partial charge in [0, 0.05) is 44.9 Å². The minimum atomic E-state index is -1.54. The number of carboxylic acid groups (broad SMARTS) is 3. The SMILES string of the molecule is CC(C)(C)OC(=O)NCCOCCOCCOCCOCCOCCOCCOCCOCCOCCOCCOCCNC(=O)COCC(=O)NCC1CCC(C(=O)N[C@@H](Cc2ccc3ccccc3c2)C(=O)NCCCC[C@H](NC(=O)N[C@@H](CCC(=O)O)C(=O)O)C(=O)O)CC1. The Labute approximate surface area is 573 Å². The van der Waals surface area contributed by atoms with Crippen LogP contribution in [0.4, 0.5) is 9.59 Å². The molecule has 32 nitrogen and oxygen atoms in total. The molecule has 2 aromatic rings. The molecule has 32 heteroatoms. The van der Waals surface area contributed by atoms with E-state index in [1.807, 2.05) is 42.5 Å². The van der Waals surface area contributed by atoms with E-state index in [1.165, 1.54) is 0 Å². The van der Waals surface area contributed by atoms with E-state index in [1.54, 1.807) is 20.8 Å². The molecule has 0 saturated heterocycles. The summed E-state index contributed by atoms with van der Waals surface area (Å²) in [5, 5.41) is 48.1. The van der Waals surface area contributed by atoms with Crippen LogP contribution >= 0.6 is 0 Å². The summed E-state index contributed by atoms with van der Waals surface area (Å²) in [7, 11) is 0. The highest BCUT2D eigenvalue weighted by atomic mass is 16.6. The Balaban J connectivity index is 1.10. The van der Waals surface area contributed by atoms with Crippen molar-refractivity contribution in [3.63, 3.8) is 0 Å². The zero-order chi connectivity index (χ0) is 71.3. The molecule has 0 spiro atoms. The van der Waals surface area contributed by atoms with Crippen molar-refractivity contribution in [1.29, 1.82) is 0 Å². The normalized spacial score (nSPS) is 14.7. The number of hydrogen-bond donors (Lipinski definition) is 10. The molecule has 0 bridgehead atoms. The Morgan fingerprint density at radius 3 is 1.36 bits per heavy atom. The van der Waals surface area contributed by atoms with Crippen LogP contribution < -0.4 is 37.2 Å². The van der Waals surface area contributed by atoms with Gasteiger partial charge >= 0.3 is 30.0 Å². The van der Waals surface area contributed by atoms with E-state index in [2.05, 4.69) is 37.2 Å². The summed E-state index contributed by atoms with van der Waals surface area (Å²) >= 11 is 0. The van der Waals surface area contributed by atoms with Crippen LogP contribution in [0.5, 0.6) is 0 Å². The predicted molar refractivity (Wildman–Crippen MR) is 353 cm³/mol. The van der Waals surface area contributed by atoms with Gasteiger partial charge in [0.15, 0.2) is 0 Å². The van der Waals surface area contributed by atoms with Gasteiger partial charge in [0.05, 0.1) is 145 Å². The number of hydrogen-bond acceptors (Lipinski definition) is 22. The maximum absolute atomic E-state index is 13.7. The Morgan fingerprint density at radius 1 is 0.459 bits per heavy atom. The first-order chi connectivity index (χ1) is 47.3. The average Bonchev–Trinajstić information content (AvgIpc) is 0.848. The number of benzene rings is 2. The number of unbranched alkanes of at least 4 members (excludes halogenated alkanes) is 1. The lowest BCUT2D eigenvalue weighted by atomic mass is 9.81. The van der Waals surface area contributed by atoms with Gasteiger partial charge in [0.25, 0.3) is 0 Å². The smallest absolute Gasteiger partial charge is 0.407 e. The lowest BCUT2D eigenvalue weighted by Crippen LogP contribution is -2.51. The summed E-state index contributed by atoms with van der Waals surface area (Å²) in [5.41, 5.74) is 0.283. The maximum atomic E-state index is 13.7. The van der Waals surface area contributed by atoms with Crippen LogP contribution in [0.1, 0.15) is 84.1 Å². The fourth-order valence-corrected chi connectivity index (χ4v) is 9.38. The second kappa shape index (κ2) is 53.9. The third-order valence-corrected chi connectivity index (χ3v) is 14.4. The van der Waals surface area contributed by atoms with Crippen LogP contribution in [0.25, 0.3) is 10.8 Å². The zero-order valence-corrected chi connectivity index (χ0v) is 57.1. The molecule has 10 N–H and O–H groups in total. The molecule has 0 aromatic heterocycles. The fraction of sp³-hybridized carbons (Fsp3) is 0.712. The number of alkyl carbamates (subject to hydrolysis) is 1. The van der Waals surface area contributed by atoms with Crippen LogP contribution in [0.2, 0.25) is 0 Å². The summed E-state index contributed by atoms with van der Waals surface area (Å²) in [6.07, 6.45) is 1.63. The zero-order valence-electron chi connectivity index (χ0n) is 57.1. The molecule has 1 saturated carbocycles. The van der Waals surface area contributed by atoms with Gasteiger partial charge in [-0.15, -0.1) is 0 Å².